The van der Waals surface area contributed by atoms with Crippen LogP contribution in [0.25, 0.3) is 11.1 Å². The molecule has 3 fully saturated rings. The third kappa shape index (κ3) is 5.05. The SMILES string of the molecule is CC1CC2CC(C1)C(NC(=O)c1cnc(N3CC4(CCOCC4)c4cc(-c5ccccc5)ccc43)nc1C(F)(F)F)(C(=O)O)C2. The Morgan fingerprint density at radius 3 is 2.51 bits per heavy atom. The van der Waals surface area contributed by atoms with Crippen LogP contribution in [0.15, 0.2) is 54.7 Å². The molecule has 4 atom stereocenters. The van der Waals surface area contributed by atoms with Crippen LogP contribution in [0.5, 0.6) is 0 Å². The second-order valence-electron chi connectivity index (χ2n) is 13.3. The van der Waals surface area contributed by atoms with Crippen molar-refractivity contribution in [3.63, 3.8) is 0 Å². The monoisotopic (exact) mass is 620 g/mol. The summed E-state index contributed by atoms with van der Waals surface area (Å²) < 4.78 is 49.4. The first kappa shape index (κ1) is 29.7. The Bertz CT molecular complexity index is 1640. The van der Waals surface area contributed by atoms with Gasteiger partial charge in [0.2, 0.25) is 5.95 Å². The molecule has 4 unspecified atom stereocenters. The molecule has 3 heterocycles. The second kappa shape index (κ2) is 10.8. The average molecular weight is 621 g/mol. The van der Waals surface area contributed by atoms with E-state index in [0.29, 0.717) is 45.4 Å². The molecular weight excluding hydrogens is 585 g/mol. The zero-order valence-electron chi connectivity index (χ0n) is 24.9. The van der Waals surface area contributed by atoms with Crippen LogP contribution < -0.4 is 10.2 Å². The number of carbonyl (C=O) groups is 2. The van der Waals surface area contributed by atoms with Crippen LogP contribution in [0.2, 0.25) is 0 Å². The topological polar surface area (TPSA) is 105 Å². The minimum atomic E-state index is -4.98. The van der Waals surface area contributed by atoms with Crippen LogP contribution in [0, 0.1) is 17.8 Å². The highest BCUT2D eigenvalue weighted by molar-refractivity contribution is 5.99. The minimum absolute atomic E-state index is 0.103. The number of amides is 1. The van der Waals surface area contributed by atoms with Gasteiger partial charge in [-0.25, -0.2) is 14.8 Å². The number of nitrogens with zero attached hydrogens (tertiary/aromatic N) is 3. The molecule has 1 spiro atoms. The zero-order chi connectivity index (χ0) is 31.6. The molecule has 1 aromatic heterocycles. The molecule has 0 radical (unpaired) electrons. The number of aliphatic carboxylic acids is 1. The quantitative estimate of drug-likeness (QED) is 0.342. The van der Waals surface area contributed by atoms with Gasteiger partial charge in [-0.3, -0.25) is 4.79 Å². The van der Waals surface area contributed by atoms with Gasteiger partial charge in [-0.05, 0) is 85.1 Å². The van der Waals surface area contributed by atoms with Gasteiger partial charge in [-0.1, -0.05) is 43.3 Å². The van der Waals surface area contributed by atoms with Crippen molar-refractivity contribution in [2.45, 2.75) is 62.6 Å². The van der Waals surface area contributed by atoms with E-state index in [-0.39, 0.29) is 35.5 Å². The molecule has 11 heteroatoms. The van der Waals surface area contributed by atoms with E-state index >= 15 is 0 Å². The fourth-order valence-electron chi connectivity index (χ4n) is 8.41. The Balaban J connectivity index is 1.25. The number of rotatable bonds is 5. The van der Waals surface area contributed by atoms with Gasteiger partial charge in [0, 0.05) is 37.1 Å². The van der Waals surface area contributed by atoms with Crippen molar-refractivity contribution in [2.24, 2.45) is 17.8 Å². The summed E-state index contributed by atoms with van der Waals surface area (Å²) >= 11 is 0. The number of carboxylic acids is 1. The molecule has 1 saturated heterocycles. The summed E-state index contributed by atoms with van der Waals surface area (Å²) in [4.78, 5) is 36.0. The summed E-state index contributed by atoms with van der Waals surface area (Å²) in [6.07, 6.45) is -0.429. The summed E-state index contributed by atoms with van der Waals surface area (Å²) in [7, 11) is 0. The van der Waals surface area contributed by atoms with Gasteiger partial charge < -0.3 is 20.1 Å². The Labute approximate surface area is 259 Å². The lowest BCUT2D eigenvalue weighted by Crippen LogP contribution is -2.57. The maximum Gasteiger partial charge on any atom is 0.434 e. The van der Waals surface area contributed by atoms with Crippen LogP contribution >= 0.6 is 0 Å². The van der Waals surface area contributed by atoms with E-state index < -0.39 is 34.8 Å². The van der Waals surface area contributed by atoms with E-state index in [9.17, 15) is 27.9 Å². The summed E-state index contributed by atoms with van der Waals surface area (Å²) in [6, 6.07) is 15.8. The van der Waals surface area contributed by atoms with Gasteiger partial charge in [0.25, 0.3) is 5.91 Å². The molecule has 236 valence electrons. The predicted molar refractivity (Wildman–Crippen MR) is 160 cm³/mol. The van der Waals surface area contributed by atoms with Crippen molar-refractivity contribution in [1.82, 2.24) is 15.3 Å². The van der Waals surface area contributed by atoms with E-state index in [0.717, 1.165) is 35.0 Å². The number of ether oxygens (including phenoxy) is 1. The van der Waals surface area contributed by atoms with Crippen LogP contribution in [-0.4, -0.2) is 52.2 Å². The first-order chi connectivity index (χ1) is 21.5. The fourth-order valence-corrected chi connectivity index (χ4v) is 8.41. The molecule has 2 aromatic carbocycles. The van der Waals surface area contributed by atoms with Crippen molar-refractivity contribution in [2.75, 3.05) is 24.7 Å². The van der Waals surface area contributed by atoms with Crippen molar-refractivity contribution < 1.29 is 32.6 Å². The molecule has 2 N–H and O–H groups in total. The average Bonchev–Trinajstić information content (AvgIpc) is 3.47. The smallest absolute Gasteiger partial charge is 0.434 e. The molecule has 1 amide bonds. The molecular formula is C34H35F3N4O4. The number of benzene rings is 2. The zero-order valence-corrected chi connectivity index (χ0v) is 24.9. The molecule has 2 bridgehead atoms. The van der Waals surface area contributed by atoms with Crippen LogP contribution in [-0.2, 0) is 21.1 Å². The predicted octanol–water partition coefficient (Wildman–Crippen LogP) is 6.37. The van der Waals surface area contributed by atoms with Gasteiger partial charge in [-0.15, -0.1) is 0 Å². The number of carboxylic acid groups (broad SMARTS) is 1. The van der Waals surface area contributed by atoms with Gasteiger partial charge in [-0.2, -0.15) is 13.2 Å². The fraction of sp³-hybridized carbons (Fsp3) is 0.471. The number of hydrogen-bond acceptors (Lipinski definition) is 6. The van der Waals surface area contributed by atoms with Gasteiger partial charge in [0.15, 0.2) is 5.69 Å². The molecule has 3 aromatic rings. The number of anilines is 2. The van der Waals surface area contributed by atoms with Crippen LogP contribution in [0.1, 0.15) is 67.1 Å². The normalized spacial score (nSPS) is 26.9. The summed E-state index contributed by atoms with van der Waals surface area (Å²) in [5.41, 5.74) is -0.364. The van der Waals surface area contributed by atoms with E-state index in [1.54, 1.807) is 4.90 Å². The van der Waals surface area contributed by atoms with Crippen molar-refractivity contribution in [3.8, 4) is 11.1 Å². The van der Waals surface area contributed by atoms with Crippen LogP contribution in [0.4, 0.5) is 24.8 Å². The summed E-state index contributed by atoms with van der Waals surface area (Å²) in [6.45, 7) is 3.47. The summed E-state index contributed by atoms with van der Waals surface area (Å²) in [5.74, 6) is -2.45. The van der Waals surface area contributed by atoms with Gasteiger partial charge >= 0.3 is 12.1 Å². The van der Waals surface area contributed by atoms with E-state index in [1.807, 2.05) is 49.4 Å². The second-order valence-corrected chi connectivity index (χ2v) is 13.3. The third-order valence-electron chi connectivity index (χ3n) is 10.5. The Hall–Kier alpha value is -3.99. The lowest BCUT2D eigenvalue weighted by molar-refractivity contribution is -0.146. The number of fused-ring (bicyclic) bond motifs is 4. The van der Waals surface area contributed by atoms with Gasteiger partial charge in [0.05, 0.1) is 5.56 Å². The number of carbonyl (C=O) groups excluding carboxylic acids is 1. The number of alkyl halides is 3. The number of halogens is 3. The van der Waals surface area contributed by atoms with Crippen LogP contribution in [0.3, 0.4) is 0 Å². The minimum Gasteiger partial charge on any atom is -0.479 e. The largest absolute Gasteiger partial charge is 0.479 e. The van der Waals surface area contributed by atoms with Crippen molar-refractivity contribution in [3.05, 3.63) is 71.5 Å². The number of nitrogens with one attached hydrogen (secondary N) is 1. The molecule has 2 saturated carbocycles. The van der Waals surface area contributed by atoms with E-state index in [2.05, 4.69) is 21.4 Å². The molecule has 8 nitrogen and oxygen atoms in total. The standard InChI is InChI=1S/C34H35F3N4O4/c1-20-13-21-15-24(14-20)33(17-21,30(43)44)40-29(42)25-18-38-31(39-28(25)34(35,36)37)41-19-32(9-11-45-12-10-32)26-16-23(7-8-27(26)41)22-5-3-2-4-6-22/h2-8,16,18,20-21,24H,9-15,17,19H2,1H3,(H,40,42)(H,43,44). The first-order valence-corrected chi connectivity index (χ1v) is 15.5. The Morgan fingerprint density at radius 2 is 1.80 bits per heavy atom. The Morgan fingerprint density at radius 1 is 1.04 bits per heavy atom. The van der Waals surface area contributed by atoms with Crippen molar-refractivity contribution in [1.29, 1.82) is 0 Å². The lowest BCUT2D eigenvalue weighted by Gasteiger charge is -2.34. The van der Waals surface area contributed by atoms with Crippen molar-refractivity contribution >= 4 is 23.5 Å². The molecule has 45 heavy (non-hydrogen) atoms. The highest BCUT2D eigenvalue weighted by Crippen LogP contribution is 2.52. The number of hydrogen-bond donors (Lipinski definition) is 2. The Kier molecular flexibility index (Phi) is 7.14. The highest BCUT2D eigenvalue weighted by Gasteiger charge is 2.57. The highest BCUT2D eigenvalue weighted by atomic mass is 19.4. The summed E-state index contributed by atoms with van der Waals surface area (Å²) in [5, 5.41) is 12.8. The molecule has 4 aliphatic rings. The number of aromatic nitrogens is 2. The van der Waals surface area contributed by atoms with Gasteiger partial charge in [0.1, 0.15) is 5.54 Å². The third-order valence-corrected chi connectivity index (χ3v) is 10.5. The maximum atomic E-state index is 14.6. The maximum absolute atomic E-state index is 14.6. The first-order valence-electron chi connectivity index (χ1n) is 15.5. The van der Waals surface area contributed by atoms with E-state index in [4.69, 9.17) is 4.74 Å². The van der Waals surface area contributed by atoms with E-state index in [1.165, 1.54) is 0 Å². The lowest BCUT2D eigenvalue weighted by atomic mass is 9.75. The molecule has 7 rings (SSSR count). The molecule has 2 aliphatic carbocycles. The molecule has 2 aliphatic heterocycles.